The molecule has 1 aromatic carbocycles. The zero-order chi connectivity index (χ0) is 21.6. The molecule has 4 aromatic rings. The number of aliphatic hydroxyl groups excluding tert-OH is 1. The van der Waals surface area contributed by atoms with E-state index in [2.05, 4.69) is 44.9 Å². The van der Waals surface area contributed by atoms with Crippen molar-refractivity contribution in [3.8, 4) is 17.0 Å². The SMILES string of the molecule is C=COc1ccccc1[C@H](C)CNc1cc(-c2cnc3c(cnn3CCO)c2)ncn1. The lowest BCUT2D eigenvalue weighted by atomic mass is 10.00. The van der Waals surface area contributed by atoms with Crippen LogP contribution in [0.25, 0.3) is 22.3 Å². The van der Waals surface area contributed by atoms with E-state index in [-0.39, 0.29) is 12.5 Å². The van der Waals surface area contributed by atoms with Gasteiger partial charge in [0.2, 0.25) is 0 Å². The van der Waals surface area contributed by atoms with Gasteiger partial charge < -0.3 is 15.2 Å². The van der Waals surface area contributed by atoms with Crippen LogP contribution in [0.15, 0.2) is 68.0 Å². The van der Waals surface area contributed by atoms with Crippen molar-refractivity contribution in [3.63, 3.8) is 0 Å². The fraction of sp³-hybridized carbons (Fsp3) is 0.217. The predicted molar refractivity (Wildman–Crippen MR) is 120 cm³/mol. The molecular formula is C23H24N6O2. The smallest absolute Gasteiger partial charge is 0.157 e. The van der Waals surface area contributed by atoms with Crippen molar-refractivity contribution >= 4 is 16.9 Å². The monoisotopic (exact) mass is 416 g/mol. The van der Waals surface area contributed by atoms with Crippen LogP contribution < -0.4 is 10.1 Å². The van der Waals surface area contributed by atoms with Crippen LogP contribution in [-0.4, -0.2) is 43.0 Å². The Bertz CT molecular complexity index is 1190. The van der Waals surface area contributed by atoms with Crippen molar-refractivity contribution in [1.82, 2.24) is 24.7 Å². The number of aliphatic hydroxyl groups is 1. The molecule has 0 radical (unpaired) electrons. The van der Waals surface area contributed by atoms with Gasteiger partial charge >= 0.3 is 0 Å². The lowest BCUT2D eigenvalue weighted by molar-refractivity contribution is 0.271. The van der Waals surface area contributed by atoms with E-state index in [0.29, 0.717) is 13.1 Å². The average molecular weight is 416 g/mol. The van der Waals surface area contributed by atoms with Crippen LogP contribution in [0.5, 0.6) is 5.75 Å². The zero-order valence-corrected chi connectivity index (χ0v) is 17.3. The molecule has 0 fully saturated rings. The Morgan fingerprint density at radius 1 is 1.19 bits per heavy atom. The summed E-state index contributed by atoms with van der Waals surface area (Å²) in [5, 5.41) is 17.7. The van der Waals surface area contributed by atoms with Gasteiger partial charge in [-0.15, -0.1) is 0 Å². The lowest BCUT2D eigenvalue weighted by Crippen LogP contribution is -2.11. The molecule has 0 aliphatic rings. The second kappa shape index (κ2) is 9.36. The van der Waals surface area contributed by atoms with Gasteiger partial charge in [-0.05, 0) is 17.7 Å². The van der Waals surface area contributed by atoms with E-state index in [9.17, 15) is 0 Å². The Labute approximate surface area is 180 Å². The van der Waals surface area contributed by atoms with E-state index < -0.39 is 0 Å². The number of aromatic nitrogens is 5. The summed E-state index contributed by atoms with van der Waals surface area (Å²) in [5.41, 5.74) is 3.47. The first-order valence-electron chi connectivity index (χ1n) is 10.0. The van der Waals surface area contributed by atoms with E-state index in [1.54, 1.807) is 17.1 Å². The third kappa shape index (κ3) is 4.54. The van der Waals surface area contributed by atoms with Gasteiger partial charge in [0.15, 0.2) is 5.65 Å². The first-order valence-corrected chi connectivity index (χ1v) is 10.0. The van der Waals surface area contributed by atoms with Gasteiger partial charge in [0, 0.05) is 35.7 Å². The van der Waals surface area contributed by atoms with Crippen LogP contribution in [-0.2, 0) is 6.54 Å². The van der Waals surface area contributed by atoms with Crippen molar-refractivity contribution in [3.05, 3.63) is 73.5 Å². The van der Waals surface area contributed by atoms with Crippen LogP contribution in [0.1, 0.15) is 18.4 Å². The van der Waals surface area contributed by atoms with Crippen LogP contribution in [0.4, 0.5) is 5.82 Å². The summed E-state index contributed by atoms with van der Waals surface area (Å²) in [6, 6.07) is 11.8. The van der Waals surface area contributed by atoms with Gasteiger partial charge in [0.1, 0.15) is 17.9 Å². The summed E-state index contributed by atoms with van der Waals surface area (Å²) in [6.07, 6.45) is 6.48. The molecule has 4 rings (SSSR count). The Morgan fingerprint density at radius 3 is 2.90 bits per heavy atom. The normalized spacial score (nSPS) is 11.9. The van der Waals surface area contributed by atoms with E-state index in [0.717, 1.165) is 39.4 Å². The number of hydrogen-bond donors (Lipinski definition) is 2. The number of hydrogen-bond acceptors (Lipinski definition) is 7. The summed E-state index contributed by atoms with van der Waals surface area (Å²) in [4.78, 5) is 13.2. The van der Waals surface area contributed by atoms with E-state index >= 15 is 0 Å². The van der Waals surface area contributed by atoms with Crippen LogP contribution in [0.3, 0.4) is 0 Å². The maximum absolute atomic E-state index is 9.14. The molecule has 31 heavy (non-hydrogen) atoms. The molecule has 0 saturated heterocycles. The summed E-state index contributed by atoms with van der Waals surface area (Å²) < 4.78 is 7.20. The maximum Gasteiger partial charge on any atom is 0.157 e. The minimum atomic E-state index is 0.0176. The number of nitrogens with zero attached hydrogens (tertiary/aromatic N) is 5. The number of pyridine rings is 1. The quantitative estimate of drug-likeness (QED) is 0.402. The fourth-order valence-corrected chi connectivity index (χ4v) is 3.43. The summed E-state index contributed by atoms with van der Waals surface area (Å²) in [5.74, 6) is 1.73. The van der Waals surface area contributed by atoms with Gasteiger partial charge in [-0.2, -0.15) is 5.10 Å². The minimum absolute atomic E-state index is 0.0176. The Balaban J connectivity index is 1.50. The topological polar surface area (TPSA) is 98.0 Å². The largest absolute Gasteiger partial charge is 0.465 e. The molecule has 0 spiro atoms. The number of nitrogens with one attached hydrogen (secondary N) is 1. The summed E-state index contributed by atoms with van der Waals surface area (Å²) >= 11 is 0. The van der Waals surface area contributed by atoms with Gasteiger partial charge in [-0.3, -0.25) is 0 Å². The Hall–Kier alpha value is -3.78. The van der Waals surface area contributed by atoms with Gasteiger partial charge in [-0.25, -0.2) is 19.6 Å². The van der Waals surface area contributed by atoms with Crippen molar-refractivity contribution in [1.29, 1.82) is 0 Å². The fourth-order valence-electron chi connectivity index (χ4n) is 3.43. The molecule has 1 atom stereocenters. The van der Waals surface area contributed by atoms with E-state index in [1.165, 1.54) is 12.6 Å². The number of anilines is 1. The molecular weight excluding hydrogens is 392 g/mol. The van der Waals surface area contributed by atoms with E-state index in [4.69, 9.17) is 9.84 Å². The molecule has 158 valence electrons. The van der Waals surface area contributed by atoms with Gasteiger partial charge in [-0.1, -0.05) is 31.7 Å². The molecule has 0 aliphatic heterocycles. The first-order chi connectivity index (χ1) is 15.2. The molecule has 0 unspecified atom stereocenters. The number of fused-ring (bicyclic) bond motifs is 1. The average Bonchev–Trinajstić information content (AvgIpc) is 3.21. The molecule has 3 heterocycles. The summed E-state index contributed by atoms with van der Waals surface area (Å²) in [7, 11) is 0. The number of benzene rings is 1. The highest BCUT2D eigenvalue weighted by Gasteiger charge is 2.12. The third-order valence-corrected chi connectivity index (χ3v) is 5.00. The molecule has 8 heteroatoms. The molecule has 0 aliphatic carbocycles. The second-order valence-electron chi connectivity index (χ2n) is 7.12. The highest BCUT2D eigenvalue weighted by molar-refractivity contribution is 5.80. The molecule has 2 N–H and O–H groups in total. The molecule has 8 nitrogen and oxygen atoms in total. The Morgan fingerprint density at radius 2 is 2.06 bits per heavy atom. The van der Waals surface area contributed by atoms with Crippen molar-refractivity contribution < 1.29 is 9.84 Å². The third-order valence-electron chi connectivity index (χ3n) is 5.00. The number of para-hydroxylation sites is 1. The van der Waals surface area contributed by atoms with Crippen molar-refractivity contribution in [2.24, 2.45) is 0 Å². The molecule has 3 aromatic heterocycles. The minimum Gasteiger partial charge on any atom is -0.465 e. The van der Waals surface area contributed by atoms with Crippen molar-refractivity contribution in [2.45, 2.75) is 19.4 Å². The predicted octanol–water partition coefficient (Wildman–Crippen LogP) is 3.62. The first kappa shape index (κ1) is 20.5. The highest BCUT2D eigenvalue weighted by atomic mass is 16.5. The van der Waals surface area contributed by atoms with E-state index in [1.807, 2.05) is 30.3 Å². The Kier molecular flexibility index (Phi) is 6.18. The van der Waals surface area contributed by atoms with Crippen molar-refractivity contribution in [2.75, 3.05) is 18.5 Å². The maximum atomic E-state index is 9.14. The highest BCUT2D eigenvalue weighted by Crippen LogP contribution is 2.27. The summed E-state index contributed by atoms with van der Waals surface area (Å²) in [6.45, 7) is 6.88. The lowest BCUT2D eigenvalue weighted by Gasteiger charge is -2.16. The van der Waals surface area contributed by atoms with Gasteiger partial charge in [0.25, 0.3) is 0 Å². The second-order valence-corrected chi connectivity index (χ2v) is 7.12. The molecule has 0 amide bonds. The van der Waals surface area contributed by atoms with Crippen LogP contribution in [0, 0.1) is 0 Å². The standard InChI is InChI=1S/C23H24N6O2/c1-3-31-21-7-5-4-6-19(21)16(2)12-24-22-11-20(26-15-27-22)17-10-18-14-28-29(8-9-30)23(18)25-13-17/h3-7,10-11,13-16,30H,1,8-9,12H2,2H3,(H,24,26,27)/t16-/m1/s1. The zero-order valence-electron chi connectivity index (χ0n) is 17.3. The molecule has 0 saturated carbocycles. The van der Waals surface area contributed by atoms with Crippen LogP contribution in [0.2, 0.25) is 0 Å². The number of ether oxygens (including phenoxy) is 1. The van der Waals surface area contributed by atoms with Crippen LogP contribution >= 0.6 is 0 Å². The van der Waals surface area contributed by atoms with Gasteiger partial charge in [0.05, 0.1) is 31.3 Å². The molecule has 0 bridgehead atoms. The number of rotatable bonds is 9.